The summed E-state index contributed by atoms with van der Waals surface area (Å²) in [5.74, 6) is 1.34. The van der Waals surface area contributed by atoms with Gasteiger partial charge in [0.25, 0.3) is 0 Å². The van der Waals surface area contributed by atoms with Gasteiger partial charge in [0.1, 0.15) is 10.7 Å². The molecule has 1 amide bonds. The number of thioether (sulfide) groups is 1. The topological polar surface area (TPSA) is 63.4 Å². The zero-order valence-electron chi connectivity index (χ0n) is 17.4. The molecule has 4 aromatic rings. The summed E-state index contributed by atoms with van der Waals surface area (Å²) in [6.07, 6.45) is 6.76. The highest BCUT2D eigenvalue weighted by Crippen LogP contribution is 2.38. The van der Waals surface area contributed by atoms with Crippen molar-refractivity contribution in [2.45, 2.75) is 50.6 Å². The number of fused-ring (bicyclic) bond motifs is 6. The number of thiophene rings is 1. The standard InChI is InChI=1S/C23H23N5OS2/c1-14-24-22-20(16-9-3-5-11-18(16)31-22)21-25-26-23(28(14)21)30-13-19(29)27-12-6-8-15-7-2-4-10-17(15)27/h2,4,7,10H,3,5-6,8-9,11-13H2,1H3. The summed E-state index contributed by atoms with van der Waals surface area (Å²) in [5, 5.41) is 10.9. The molecule has 0 saturated heterocycles. The monoisotopic (exact) mass is 449 g/mol. The third kappa shape index (κ3) is 3.15. The van der Waals surface area contributed by atoms with Gasteiger partial charge in [-0.25, -0.2) is 4.98 Å². The Balaban J connectivity index is 1.32. The molecule has 3 aromatic heterocycles. The maximum absolute atomic E-state index is 13.1. The minimum Gasteiger partial charge on any atom is -0.311 e. The minimum absolute atomic E-state index is 0.119. The zero-order valence-corrected chi connectivity index (χ0v) is 19.1. The summed E-state index contributed by atoms with van der Waals surface area (Å²) in [7, 11) is 0. The number of nitrogens with zero attached hydrogens (tertiary/aromatic N) is 5. The molecule has 0 fully saturated rings. The molecule has 8 heteroatoms. The van der Waals surface area contributed by atoms with E-state index in [1.807, 2.05) is 45.8 Å². The molecule has 6 nitrogen and oxygen atoms in total. The van der Waals surface area contributed by atoms with Crippen LogP contribution in [0.5, 0.6) is 0 Å². The number of hydrogen-bond acceptors (Lipinski definition) is 6. The molecule has 6 rings (SSSR count). The lowest BCUT2D eigenvalue weighted by Gasteiger charge is -2.29. The van der Waals surface area contributed by atoms with Gasteiger partial charge in [0.05, 0.1) is 11.1 Å². The number of amides is 1. The van der Waals surface area contributed by atoms with Crippen molar-refractivity contribution in [3.05, 3.63) is 46.1 Å². The Labute approximate surface area is 188 Å². The van der Waals surface area contributed by atoms with Gasteiger partial charge in [-0.2, -0.15) is 0 Å². The second-order valence-electron chi connectivity index (χ2n) is 8.26. The van der Waals surface area contributed by atoms with Crippen molar-refractivity contribution in [1.82, 2.24) is 19.6 Å². The predicted molar refractivity (Wildman–Crippen MR) is 125 cm³/mol. The highest BCUT2D eigenvalue weighted by Gasteiger charge is 2.25. The van der Waals surface area contributed by atoms with Crippen molar-refractivity contribution < 1.29 is 4.79 Å². The molecule has 0 unspecified atom stereocenters. The molecular weight excluding hydrogens is 426 g/mol. The van der Waals surface area contributed by atoms with Crippen molar-refractivity contribution in [3.8, 4) is 0 Å². The van der Waals surface area contributed by atoms with Crippen LogP contribution in [0, 0.1) is 6.92 Å². The first kappa shape index (κ1) is 19.3. The van der Waals surface area contributed by atoms with Crippen molar-refractivity contribution in [2.75, 3.05) is 17.2 Å². The minimum atomic E-state index is 0.119. The molecule has 0 radical (unpaired) electrons. The molecule has 0 N–H and O–H groups in total. The molecular formula is C23H23N5OS2. The van der Waals surface area contributed by atoms with Gasteiger partial charge in [-0.1, -0.05) is 30.0 Å². The average molecular weight is 450 g/mol. The van der Waals surface area contributed by atoms with E-state index in [4.69, 9.17) is 4.98 Å². The first-order valence-electron chi connectivity index (χ1n) is 10.9. The van der Waals surface area contributed by atoms with Crippen LogP contribution in [0.3, 0.4) is 0 Å². The zero-order chi connectivity index (χ0) is 20.9. The van der Waals surface area contributed by atoms with Gasteiger partial charge in [-0.05, 0) is 62.6 Å². The van der Waals surface area contributed by atoms with Crippen LogP contribution in [-0.2, 0) is 24.1 Å². The van der Waals surface area contributed by atoms with E-state index in [2.05, 4.69) is 16.3 Å². The molecule has 1 aromatic carbocycles. The van der Waals surface area contributed by atoms with Gasteiger partial charge >= 0.3 is 0 Å². The van der Waals surface area contributed by atoms with Gasteiger partial charge in [-0.15, -0.1) is 21.5 Å². The van der Waals surface area contributed by atoms with Crippen LogP contribution in [-0.4, -0.2) is 37.8 Å². The maximum Gasteiger partial charge on any atom is 0.237 e. The van der Waals surface area contributed by atoms with Crippen LogP contribution < -0.4 is 4.90 Å². The Morgan fingerprint density at radius 3 is 2.94 bits per heavy atom. The third-order valence-electron chi connectivity index (χ3n) is 6.33. The molecule has 31 heavy (non-hydrogen) atoms. The summed E-state index contributed by atoms with van der Waals surface area (Å²) in [6, 6.07) is 8.22. The number of aryl methyl sites for hydroxylation is 4. The van der Waals surface area contributed by atoms with Crippen LogP contribution in [0.25, 0.3) is 15.9 Å². The predicted octanol–water partition coefficient (Wildman–Crippen LogP) is 4.60. The van der Waals surface area contributed by atoms with Gasteiger partial charge < -0.3 is 4.90 Å². The number of hydrogen-bond donors (Lipinski definition) is 0. The lowest BCUT2D eigenvalue weighted by atomic mass is 9.97. The molecule has 1 aliphatic heterocycles. The van der Waals surface area contributed by atoms with Gasteiger partial charge in [0.2, 0.25) is 5.91 Å². The first-order chi connectivity index (χ1) is 15.2. The van der Waals surface area contributed by atoms with E-state index in [1.54, 1.807) is 0 Å². The second kappa shape index (κ2) is 7.60. The SMILES string of the molecule is Cc1nc2sc3c(c2c2nnc(SCC(=O)N4CCCc5ccccc54)n12)CCCC3. The van der Waals surface area contributed by atoms with Crippen LogP contribution in [0.4, 0.5) is 5.69 Å². The van der Waals surface area contributed by atoms with E-state index < -0.39 is 0 Å². The molecule has 1 aliphatic carbocycles. The summed E-state index contributed by atoms with van der Waals surface area (Å²) in [6.45, 7) is 2.78. The number of para-hydroxylation sites is 1. The number of benzene rings is 1. The van der Waals surface area contributed by atoms with Crippen molar-refractivity contribution in [3.63, 3.8) is 0 Å². The fourth-order valence-electron chi connectivity index (χ4n) is 4.87. The summed E-state index contributed by atoms with van der Waals surface area (Å²) in [5.41, 5.74) is 4.61. The molecule has 158 valence electrons. The Morgan fingerprint density at radius 1 is 1.13 bits per heavy atom. The van der Waals surface area contributed by atoms with E-state index >= 15 is 0 Å². The van der Waals surface area contributed by atoms with Crippen LogP contribution in [0.2, 0.25) is 0 Å². The van der Waals surface area contributed by atoms with E-state index in [1.165, 1.54) is 46.0 Å². The Kier molecular flexibility index (Phi) is 4.72. The molecule has 0 bridgehead atoms. The van der Waals surface area contributed by atoms with Crippen LogP contribution >= 0.6 is 23.1 Å². The normalized spacial score (nSPS) is 16.0. The number of carbonyl (C=O) groups is 1. The first-order valence-corrected chi connectivity index (χ1v) is 12.7. The fourth-order valence-corrected chi connectivity index (χ4v) is 7.03. The summed E-state index contributed by atoms with van der Waals surface area (Å²) < 4.78 is 2.03. The molecule has 4 heterocycles. The highest BCUT2D eigenvalue weighted by atomic mass is 32.2. The Bertz CT molecular complexity index is 1320. The second-order valence-corrected chi connectivity index (χ2v) is 10.3. The number of carbonyl (C=O) groups excluding carboxylic acids is 1. The molecule has 0 atom stereocenters. The summed E-state index contributed by atoms with van der Waals surface area (Å²) in [4.78, 5) is 22.4. The summed E-state index contributed by atoms with van der Waals surface area (Å²) >= 11 is 3.27. The molecule has 2 aliphatic rings. The van der Waals surface area contributed by atoms with Crippen molar-refractivity contribution >= 4 is 50.6 Å². The molecule has 0 spiro atoms. The number of anilines is 1. The smallest absolute Gasteiger partial charge is 0.237 e. The van der Waals surface area contributed by atoms with Gasteiger partial charge in [0.15, 0.2) is 10.8 Å². The van der Waals surface area contributed by atoms with Crippen molar-refractivity contribution in [2.24, 2.45) is 0 Å². The lowest BCUT2D eigenvalue weighted by Crippen LogP contribution is -2.36. The largest absolute Gasteiger partial charge is 0.311 e. The Morgan fingerprint density at radius 2 is 2.00 bits per heavy atom. The van der Waals surface area contributed by atoms with Crippen LogP contribution in [0.15, 0.2) is 29.4 Å². The van der Waals surface area contributed by atoms with Crippen LogP contribution in [0.1, 0.15) is 41.1 Å². The average Bonchev–Trinajstić information content (AvgIpc) is 3.38. The van der Waals surface area contributed by atoms with Gasteiger partial charge in [-0.3, -0.25) is 9.20 Å². The highest BCUT2D eigenvalue weighted by molar-refractivity contribution is 7.99. The quantitative estimate of drug-likeness (QED) is 0.428. The third-order valence-corrected chi connectivity index (χ3v) is 8.43. The van der Waals surface area contributed by atoms with E-state index in [0.717, 1.165) is 59.4 Å². The lowest BCUT2D eigenvalue weighted by molar-refractivity contribution is -0.116. The van der Waals surface area contributed by atoms with E-state index in [9.17, 15) is 4.79 Å². The Hall–Kier alpha value is -2.45. The van der Waals surface area contributed by atoms with E-state index in [-0.39, 0.29) is 5.91 Å². The fraction of sp³-hybridized carbons (Fsp3) is 0.391. The van der Waals surface area contributed by atoms with E-state index in [0.29, 0.717) is 5.75 Å². The molecule has 0 saturated carbocycles. The number of aromatic nitrogens is 4. The van der Waals surface area contributed by atoms with Crippen molar-refractivity contribution in [1.29, 1.82) is 0 Å². The maximum atomic E-state index is 13.1. The van der Waals surface area contributed by atoms with Gasteiger partial charge in [0, 0.05) is 17.1 Å². The number of rotatable bonds is 3.